The smallest absolute Gasteiger partial charge is 0.315 e. The van der Waals surface area contributed by atoms with Crippen molar-refractivity contribution in [3.63, 3.8) is 0 Å². The number of rotatable bonds is 23. The van der Waals surface area contributed by atoms with Gasteiger partial charge in [-0.3, -0.25) is 28.8 Å². The molecule has 0 unspecified atom stereocenters. The van der Waals surface area contributed by atoms with Crippen molar-refractivity contribution in [2.45, 2.75) is 58.0 Å². The second kappa shape index (κ2) is 21.3. The zero-order chi connectivity index (χ0) is 32.8. The van der Waals surface area contributed by atoms with Crippen molar-refractivity contribution in [3.8, 4) is 5.75 Å². The van der Waals surface area contributed by atoms with E-state index in [2.05, 4.69) is 17.2 Å². The second-order valence-corrected chi connectivity index (χ2v) is 9.82. The van der Waals surface area contributed by atoms with Gasteiger partial charge in [-0.05, 0) is 57.4 Å². The zero-order valence-corrected chi connectivity index (χ0v) is 25.2. The Morgan fingerprint density at radius 1 is 0.750 bits per heavy atom. The molecule has 0 heterocycles. The van der Waals surface area contributed by atoms with Gasteiger partial charge >= 0.3 is 17.9 Å². The third-order valence-electron chi connectivity index (χ3n) is 5.54. The maximum absolute atomic E-state index is 12.0. The number of nitrogens with one attached hydrogen (secondary N) is 2. The Labute approximate surface area is 256 Å². The summed E-state index contributed by atoms with van der Waals surface area (Å²) in [6.45, 7) is 6.68. The summed E-state index contributed by atoms with van der Waals surface area (Å²) in [5.74, 6) is -2.98. The summed E-state index contributed by atoms with van der Waals surface area (Å²) in [5, 5.41) is 14.7. The van der Waals surface area contributed by atoms with E-state index in [1.807, 2.05) is 0 Å². The molecule has 0 aliphatic carbocycles. The van der Waals surface area contributed by atoms with Gasteiger partial charge in [0.15, 0.2) is 5.78 Å². The molecule has 0 aliphatic rings. The molecular formula is C30H42N2O12. The molecule has 1 aromatic rings. The third-order valence-corrected chi connectivity index (χ3v) is 5.54. The summed E-state index contributed by atoms with van der Waals surface area (Å²) in [6.07, 6.45) is 2.24. The summed E-state index contributed by atoms with van der Waals surface area (Å²) >= 11 is 0. The number of ketones is 1. The topological polar surface area (TPSA) is 193 Å². The highest BCUT2D eigenvalue weighted by Crippen LogP contribution is 2.17. The molecule has 0 radical (unpaired) electrons. The van der Waals surface area contributed by atoms with Gasteiger partial charge < -0.3 is 39.4 Å². The largest absolute Gasteiger partial charge is 0.498 e. The van der Waals surface area contributed by atoms with Gasteiger partial charge in [0.25, 0.3) is 0 Å². The van der Waals surface area contributed by atoms with Crippen molar-refractivity contribution in [2.75, 3.05) is 46.1 Å². The van der Waals surface area contributed by atoms with E-state index in [4.69, 9.17) is 23.7 Å². The molecule has 0 saturated carbocycles. The van der Waals surface area contributed by atoms with E-state index in [9.17, 15) is 33.9 Å². The molecule has 0 atom stereocenters. The van der Waals surface area contributed by atoms with Gasteiger partial charge in [0, 0.05) is 25.1 Å². The van der Waals surface area contributed by atoms with Crippen LogP contribution in [0.3, 0.4) is 0 Å². The maximum atomic E-state index is 12.0. The first-order chi connectivity index (χ1) is 20.9. The van der Waals surface area contributed by atoms with Crippen molar-refractivity contribution < 1.29 is 57.6 Å². The van der Waals surface area contributed by atoms with E-state index in [0.29, 0.717) is 30.6 Å². The standard InChI is InChI=1S/C30H42N2O12/c1-4-40-16-17-43-26(35)8-6-5-7-15-42-27(36)20-24(33)31-13-14-32-25(34)21-28(37)44-19-18-41-23-11-9-22(10-12-23)29(38)30(2,3)39/h4,9-12,39H,1,5-8,13-21H2,2-3H3,(H,31,33)(H,32,34). The van der Waals surface area contributed by atoms with E-state index in [0.717, 1.165) is 0 Å². The quantitative estimate of drug-likeness (QED) is 0.0397. The van der Waals surface area contributed by atoms with Gasteiger partial charge in [-0.2, -0.15) is 0 Å². The number of unbranched alkanes of at least 4 members (excludes halogenated alkanes) is 2. The lowest BCUT2D eigenvalue weighted by Crippen LogP contribution is -2.36. The molecule has 0 aliphatic heterocycles. The first-order valence-corrected chi connectivity index (χ1v) is 14.1. The fraction of sp³-hybridized carbons (Fsp3) is 0.533. The fourth-order valence-electron chi connectivity index (χ4n) is 3.36. The predicted molar refractivity (Wildman–Crippen MR) is 155 cm³/mol. The Hall–Kier alpha value is -4.46. The highest BCUT2D eigenvalue weighted by atomic mass is 16.6. The van der Waals surface area contributed by atoms with E-state index in [-0.39, 0.29) is 58.5 Å². The second-order valence-electron chi connectivity index (χ2n) is 9.82. The molecule has 3 N–H and O–H groups in total. The van der Waals surface area contributed by atoms with Gasteiger partial charge in [0.1, 0.15) is 50.6 Å². The number of Topliss-reactive ketones (excluding diaryl/α,β-unsaturated/α-hetero) is 1. The number of carbonyl (C=O) groups excluding carboxylic acids is 6. The number of ether oxygens (including phenoxy) is 5. The van der Waals surface area contributed by atoms with E-state index < -0.39 is 48.0 Å². The van der Waals surface area contributed by atoms with Crippen LogP contribution in [-0.2, 0) is 42.9 Å². The number of hydrogen-bond donors (Lipinski definition) is 3. The Morgan fingerprint density at radius 2 is 1.30 bits per heavy atom. The minimum atomic E-state index is -1.49. The van der Waals surface area contributed by atoms with E-state index in [1.165, 1.54) is 32.2 Å². The number of hydrogen-bond acceptors (Lipinski definition) is 12. The van der Waals surface area contributed by atoms with Gasteiger partial charge in [-0.15, -0.1) is 0 Å². The van der Waals surface area contributed by atoms with Gasteiger partial charge in [0.2, 0.25) is 11.8 Å². The lowest BCUT2D eigenvalue weighted by molar-refractivity contribution is -0.148. The van der Waals surface area contributed by atoms with Crippen LogP contribution >= 0.6 is 0 Å². The van der Waals surface area contributed by atoms with Crippen LogP contribution in [-0.4, -0.2) is 92.3 Å². The highest BCUT2D eigenvalue weighted by Gasteiger charge is 2.25. The lowest BCUT2D eigenvalue weighted by Gasteiger charge is -2.15. The fourth-order valence-corrected chi connectivity index (χ4v) is 3.36. The van der Waals surface area contributed by atoms with Crippen molar-refractivity contribution in [1.29, 1.82) is 0 Å². The molecule has 14 nitrogen and oxygen atoms in total. The predicted octanol–water partition coefficient (Wildman–Crippen LogP) is 1.38. The molecular weight excluding hydrogens is 580 g/mol. The average molecular weight is 623 g/mol. The Bertz CT molecular complexity index is 1100. The molecule has 44 heavy (non-hydrogen) atoms. The van der Waals surface area contributed by atoms with Crippen molar-refractivity contribution in [1.82, 2.24) is 10.6 Å². The summed E-state index contributed by atoms with van der Waals surface area (Å²) in [5.41, 5.74) is -1.16. The number of benzene rings is 1. The summed E-state index contributed by atoms with van der Waals surface area (Å²) in [6, 6.07) is 6.12. The zero-order valence-electron chi connectivity index (χ0n) is 25.2. The van der Waals surface area contributed by atoms with Crippen LogP contribution < -0.4 is 15.4 Å². The average Bonchev–Trinajstić information content (AvgIpc) is 2.97. The summed E-state index contributed by atoms with van der Waals surface area (Å²) in [4.78, 5) is 70.8. The number of amides is 2. The molecule has 1 aromatic carbocycles. The van der Waals surface area contributed by atoms with Crippen LogP contribution in [0.2, 0.25) is 0 Å². The minimum Gasteiger partial charge on any atom is -0.498 e. The molecule has 0 spiro atoms. The van der Waals surface area contributed by atoms with Crippen molar-refractivity contribution in [3.05, 3.63) is 42.7 Å². The van der Waals surface area contributed by atoms with Gasteiger partial charge in [0.05, 0.1) is 12.9 Å². The number of carbonyl (C=O) groups is 6. The van der Waals surface area contributed by atoms with Crippen molar-refractivity contribution >= 4 is 35.5 Å². The van der Waals surface area contributed by atoms with Crippen LogP contribution in [0.1, 0.15) is 62.7 Å². The van der Waals surface area contributed by atoms with Crippen LogP contribution in [0, 0.1) is 0 Å². The van der Waals surface area contributed by atoms with Crippen LogP contribution in [0.4, 0.5) is 0 Å². The van der Waals surface area contributed by atoms with Crippen LogP contribution in [0.25, 0.3) is 0 Å². The lowest BCUT2D eigenvalue weighted by atomic mass is 9.97. The SMILES string of the molecule is C=COCCOC(=O)CCCCCOC(=O)CC(=O)NCCNC(=O)CC(=O)OCCOc1ccc(C(=O)C(C)(C)O)cc1. The number of aliphatic hydroxyl groups is 1. The normalized spacial score (nSPS) is 10.6. The Balaban J connectivity index is 2.05. The monoisotopic (exact) mass is 622 g/mol. The molecule has 14 heteroatoms. The van der Waals surface area contributed by atoms with E-state index in [1.54, 1.807) is 12.1 Å². The third kappa shape index (κ3) is 18.2. The number of esters is 3. The molecule has 0 bridgehead atoms. The van der Waals surface area contributed by atoms with Crippen LogP contribution in [0.5, 0.6) is 5.75 Å². The first kappa shape index (κ1) is 37.6. The molecule has 0 aromatic heterocycles. The molecule has 2 amide bonds. The molecule has 0 saturated heterocycles. The highest BCUT2D eigenvalue weighted by molar-refractivity contribution is 6.01. The Morgan fingerprint density at radius 3 is 1.86 bits per heavy atom. The maximum Gasteiger partial charge on any atom is 0.315 e. The molecule has 0 fully saturated rings. The summed E-state index contributed by atoms with van der Waals surface area (Å²) < 4.78 is 25.2. The molecule has 244 valence electrons. The van der Waals surface area contributed by atoms with Gasteiger partial charge in [-0.25, -0.2) is 0 Å². The Kier molecular flexibility index (Phi) is 18.2. The van der Waals surface area contributed by atoms with Crippen molar-refractivity contribution in [2.24, 2.45) is 0 Å². The van der Waals surface area contributed by atoms with Crippen LogP contribution in [0.15, 0.2) is 37.1 Å². The first-order valence-electron chi connectivity index (χ1n) is 14.1. The van der Waals surface area contributed by atoms with E-state index >= 15 is 0 Å². The molecule has 1 rings (SSSR count). The van der Waals surface area contributed by atoms with Gasteiger partial charge in [-0.1, -0.05) is 6.58 Å². The summed E-state index contributed by atoms with van der Waals surface area (Å²) in [7, 11) is 0. The minimum absolute atomic E-state index is 0.0184.